The molecule has 0 saturated heterocycles. The van der Waals surface area contributed by atoms with Gasteiger partial charge < -0.3 is 10.4 Å². The van der Waals surface area contributed by atoms with Crippen molar-refractivity contribution in [3.63, 3.8) is 0 Å². The number of nitrogens with zero attached hydrogens (tertiary/aromatic N) is 2. The highest BCUT2D eigenvalue weighted by Gasteiger charge is 2.41. The average molecular weight is 380 g/mol. The summed E-state index contributed by atoms with van der Waals surface area (Å²) in [5, 5.41) is 12.6. The van der Waals surface area contributed by atoms with Gasteiger partial charge in [0, 0.05) is 18.7 Å². The molecule has 1 amide bonds. The first kappa shape index (κ1) is 19.8. The van der Waals surface area contributed by atoms with Crippen molar-refractivity contribution in [1.29, 1.82) is 0 Å². The predicted molar refractivity (Wildman–Crippen MR) is 112 cm³/mol. The molecule has 0 radical (unpaired) electrons. The van der Waals surface area contributed by atoms with Gasteiger partial charge in [-0.3, -0.25) is 4.79 Å². The lowest BCUT2D eigenvalue weighted by atomic mass is 10.1. The molecule has 0 spiro atoms. The van der Waals surface area contributed by atoms with E-state index in [4.69, 9.17) is 0 Å². The Balaban J connectivity index is 1.85. The lowest BCUT2D eigenvalue weighted by Crippen LogP contribution is -2.53. The maximum Gasteiger partial charge on any atom is 0.341 e. The van der Waals surface area contributed by atoms with E-state index in [2.05, 4.69) is 10.3 Å². The molecule has 1 unspecified atom stereocenters. The number of anilines is 1. The quantitative estimate of drug-likeness (QED) is 0.749. The number of carboxylic acids is 1. The van der Waals surface area contributed by atoms with Gasteiger partial charge in [-0.15, -0.1) is 0 Å². The van der Waals surface area contributed by atoms with Gasteiger partial charge in [-0.2, -0.15) is 0 Å². The van der Waals surface area contributed by atoms with Crippen LogP contribution in [0.5, 0.6) is 0 Å². The van der Waals surface area contributed by atoms with E-state index in [-0.39, 0.29) is 17.9 Å². The topological polar surface area (TPSA) is 78.8 Å². The highest BCUT2D eigenvalue weighted by Crippen LogP contribution is 2.31. The van der Waals surface area contributed by atoms with Crippen molar-refractivity contribution in [2.24, 2.45) is 4.99 Å². The maximum atomic E-state index is 12.7. The molecule has 6 nitrogen and oxygen atoms in total. The Morgan fingerprint density at radius 1 is 1.07 bits per heavy atom. The number of aryl methyl sites for hydroxylation is 2. The van der Waals surface area contributed by atoms with Crippen LogP contribution in [0.2, 0.25) is 0 Å². The van der Waals surface area contributed by atoms with E-state index in [1.54, 1.807) is 12.1 Å². The number of aliphatic imine (C=N–C) groups is 1. The summed E-state index contributed by atoms with van der Waals surface area (Å²) in [6.07, 6.45) is 0.272. The molecule has 0 fully saturated rings. The van der Waals surface area contributed by atoms with Crippen LogP contribution in [0, 0.1) is 13.8 Å². The summed E-state index contributed by atoms with van der Waals surface area (Å²) < 4.78 is 0.308. The molecule has 0 aliphatic carbocycles. The molecule has 1 aliphatic heterocycles. The molecule has 2 aromatic carbocycles. The van der Waals surface area contributed by atoms with E-state index in [1.165, 1.54) is 0 Å². The predicted octanol–water partition coefficient (Wildman–Crippen LogP) is 3.77. The van der Waals surface area contributed by atoms with Crippen molar-refractivity contribution in [1.82, 2.24) is 4.48 Å². The number of amides is 1. The highest BCUT2D eigenvalue weighted by molar-refractivity contribution is 6.01. The van der Waals surface area contributed by atoms with E-state index in [0.29, 0.717) is 29.8 Å². The van der Waals surface area contributed by atoms with Crippen molar-refractivity contribution in [3.8, 4) is 0 Å². The van der Waals surface area contributed by atoms with Crippen LogP contribution in [-0.4, -0.2) is 42.5 Å². The van der Waals surface area contributed by atoms with E-state index < -0.39 is 5.97 Å². The molecule has 28 heavy (non-hydrogen) atoms. The average Bonchev–Trinajstić information content (AvgIpc) is 3.04. The normalized spacial score (nSPS) is 18.6. The molecule has 1 atom stereocenters. The number of quaternary nitrogens is 1. The Bertz CT molecular complexity index is 932. The maximum absolute atomic E-state index is 12.7. The van der Waals surface area contributed by atoms with Crippen LogP contribution in [0.3, 0.4) is 0 Å². The number of aromatic carboxylic acids is 1. The second kappa shape index (κ2) is 7.94. The van der Waals surface area contributed by atoms with Crippen molar-refractivity contribution in [2.75, 3.05) is 25.0 Å². The third-order valence-corrected chi connectivity index (χ3v) is 5.50. The molecule has 6 heteroatoms. The minimum atomic E-state index is -0.965. The molecule has 1 aliphatic rings. The first-order valence-corrected chi connectivity index (χ1v) is 9.43. The van der Waals surface area contributed by atoms with Gasteiger partial charge in [-0.1, -0.05) is 30.3 Å². The Hall–Kier alpha value is -2.99. The molecule has 3 rings (SSSR count). The number of carboxylic acid groups (broad SMARTS) is 1. The Labute approximate surface area is 165 Å². The Morgan fingerprint density at radius 3 is 2.36 bits per heavy atom. The molecule has 2 N–H and O–H groups in total. The van der Waals surface area contributed by atoms with Crippen LogP contribution in [-0.2, 0) is 4.79 Å². The number of carbonyl (C=O) groups excluding carboxylic acids is 1. The van der Waals surface area contributed by atoms with Crippen LogP contribution in [0.1, 0.15) is 34.8 Å². The number of hydrogen-bond acceptors (Lipinski definition) is 3. The lowest BCUT2D eigenvalue weighted by molar-refractivity contribution is -0.116. The smallest absolute Gasteiger partial charge is 0.341 e. The summed E-state index contributed by atoms with van der Waals surface area (Å²) in [4.78, 5) is 29.0. The van der Waals surface area contributed by atoms with Crippen LogP contribution >= 0.6 is 0 Å². The summed E-state index contributed by atoms with van der Waals surface area (Å²) in [6, 6.07) is 12.9. The number of para-hydroxylation sites is 2. The summed E-state index contributed by atoms with van der Waals surface area (Å²) in [5.74, 6) is -0.205. The Morgan fingerprint density at radius 2 is 1.75 bits per heavy atom. The zero-order chi connectivity index (χ0) is 20.3. The van der Waals surface area contributed by atoms with Gasteiger partial charge in [0.1, 0.15) is 12.1 Å². The summed E-state index contributed by atoms with van der Waals surface area (Å²) >= 11 is 0. The third-order valence-electron chi connectivity index (χ3n) is 5.50. The minimum absolute atomic E-state index is 0.0811. The third kappa shape index (κ3) is 3.68. The van der Waals surface area contributed by atoms with Crippen molar-refractivity contribution >= 4 is 29.1 Å². The number of carbonyl (C=O) groups is 2. The second-order valence-corrected chi connectivity index (χ2v) is 7.23. The summed E-state index contributed by atoms with van der Waals surface area (Å²) in [7, 11) is 0. The fraction of sp³-hybridized carbons (Fsp3) is 0.318. The van der Waals surface area contributed by atoms with Gasteiger partial charge in [-0.05, 0) is 31.0 Å². The van der Waals surface area contributed by atoms with Crippen LogP contribution in [0.15, 0.2) is 47.5 Å². The molecule has 0 bridgehead atoms. The van der Waals surface area contributed by atoms with Crippen molar-refractivity contribution in [3.05, 3.63) is 59.2 Å². The zero-order valence-electron chi connectivity index (χ0n) is 16.5. The first-order chi connectivity index (χ1) is 13.3. The van der Waals surface area contributed by atoms with E-state index in [0.717, 1.165) is 22.6 Å². The van der Waals surface area contributed by atoms with Crippen LogP contribution in [0.25, 0.3) is 0 Å². The molecule has 146 valence electrons. The van der Waals surface area contributed by atoms with Gasteiger partial charge in [0.2, 0.25) is 5.91 Å². The second-order valence-electron chi connectivity index (χ2n) is 7.23. The van der Waals surface area contributed by atoms with E-state index >= 15 is 0 Å². The Kier molecular flexibility index (Phi) is 5.61. The van der Waals surface area contributed by atoms with Gasteiger partial charge in [-0.25, -0.2) is 14.3 Å². The molecule has 2 aromatic rings. The van der Waals surface area contributed by atoms with Gasteiger partial charge in [0.25, 0.3) is 0 Å². The van der Waals surface area contributed by atoms with Gasteiger partial charge in [0.05, 0.1) is 19.5 Å². The largest absolute Gasteiger partial charge is 0.477 e. The van der Waals surface area contributed by atoms with Crippen molar-refractivity contribution < 1.29 is 14.7 Å². The summed E-state index contributed by atoms with van der Waals surface area (Å²) in [5.41, 5.74) is 3.83. The van der Waals surface area contributed by atoms with Crippen LogP contribution in [0.4, 0.5) is 11.4 Å². The number of hydrogen-bond donors (Lipinski definition) is 2. The van der Waals surface area contributed by atoms with E-state index in [9.17, 15) is 14.7 Å². The molecule has 0 saturated carbocycles. The van der Waals surface area contributed by atoms with Gasteiger partial charge in [0.15, 0.2) is 11.5 Å². The first-order valence-electron chi connectivity index (χ1n) is 9.43. The number of rotatable bonds is 6. The SMILES string of the molecule is CC1=NCC[N+]1(CCC(=O)Nc1c(C)cccc1C)c1ccccc1C(=O)O. The highest BCUT2D eigenvalue weighted by atomic mass is 16.4. The monoisotopic (exact) mass is 380 g/mol. The fourth-order valence-electron chi connectivity index (χ4n) is 3.90. The molecular formula is C22H26N3O3+. The lowest BCUT2D eigenvalue weighted by Gasteiger charge is -2.34. The number of benzene rings is 2. The number of nitrogens with one attached hydrogen (secondary N) is 1. The van der Waals surface area contributed by atoms with Gasteiger partial charge >= 0.3 is 5.97 Å². The standard InChI is InChI=1S/C22H25N3O3/c1-15-7-6-8-16(2)21(15)24-20(26)11-13-25(14-12-23-17(25)3)19-10-5-4-9-18(19)22(27)28/h4-10H,11-14H2,1-3H3,(H-,24,26,27,28)/p+1. The molecule has 0 aromatic heterocycles. The van der Waals surface area contributed by atoms with Crippen LogP contribution < -0.4 is 9.80 Å². The molecular weight excluding hydrogens is 354 g/mol. The van der Waals surface area contributed by atoms with E-state index in [1.807, 2.05) is 51.1 Å². The number of amidine groups is 1. The molecule has 1 heterocycles. The zero-order valence-corrected chi connectivity index (χ0v) is 16.5. The summed E-state index contributed by atoms with van der Waals surface area (Å²) in [6.45, 7) is 7.60. The minimum Gasteiger partial charge on any atom is -0.477 e. The fourth-order valence-corrected chi connectivity index (χ4v) is 3.90. The van der Waals surface area contributed by atoms with Crippen molar-refractivity contribution in [2.45, 2.75) is 27.2 Å².